The Hall–Kier alpha value is -1.60. The molecule has 0 amide bonds. The van der Waals surface area contributed by atoms with Gasteiger partial charge < -0.3 is 4.42 Å². The number of para-hydroxylation sites is 1. The smallest absolute Gasteiger partial charge is 0.406 e. The Morgan fingerprint density at radius 3 is 2.71 bits per heavy atom. The van der Waals surface area contributed by atoms with E-state index in [4.69, 9.17) is 5.14 Å². The van der Waals surface area contributed by atoms with Crippen LogP contribution in [0.4, 0.5) is 0 Å². The van der Waals surface area contributed by atoms with Gasteiger partial charge in [-0.05, 0) is 12.1 Å². The Labute approximate surface area is 78.4 Å². The zero-order chi connectivity index (χ0) is 10.3. The third-order valence-electron chi connectivity index (χ3n) is 1.72. The Kier molecular flexibility index (Phi) is 1.73. The lowest BCUT2D eigenvalue weighted by atomic mass is 10.3. The minimum Gasteiger partial charge on any atom is -0.406 e. The second-order valence-electron chi connectivity index (χ2n) is 2.69. The van der Waals surface area contributed by atoms with Crippen LogP contribution < -0.4 is 10.9 Å². The van der Waals surface area contributed by atoms with E-state index < -0.39 is 15.8 Å². The molecule has 14 heavy (non-hydrogen) atoms. The normalized spacial score (nSPS) is 12.1. The van der Waals surface area contributed by atoms with Gasteiger partial charge in [-0.25, -0.2) is 18.4 Å². The first-order chi connectivity index (χ1) is 6.48. The molecule has 1 aromatic carbocycles. The number of sulfonamides is 1. The molecule has 0 bridgehead atoms. The summed E-state index contributed by atoms with van der Waals surface area (Å²) in [5, 5.41) is 4.93. The number of fused-ring (bicyclic) bond motifs is 1. The van der Waals surface area contributed by atoms with E-state index in [9.17, 15) is 13.2 Å². The van der Waals surface area contributed by atoms with Crippen molar-refractivity contribution < 1.29 is 12.8 Å². The van der Waals surface area contributed by atoms with Crippen molar-refractivity contribution in [2.24, 2.45) is 5.14 Å². The van der Waals surface area contributed by atoms with Crippen molar-refractivity contribution in [1.82, 2.24) is 4.98 Å². The molecule has 0 radical (unpaired) electrons. The Morgan fingerprint density at radius 1 is 1.36 bits per heavy atom. The Balaban J connectivity index is 2.98. The molecule has 0 unspecified atom stereocenters. The highest BCUT2D eigenvalue weighted by molar-refractivity contribution is 7.89. The van der Waals surface area contributed by atoms with Crippen LogP contribution in [-0.2, 0) is 10.0 Å². The number of primary sulfonamides is 1. The van der Waals surface area contributed by atoms with E-state index in [2.05, 4.69) is 9.40 Å². The molecule has 6 nitrogen and oxygen atoms in total. The SMILES string of the molecule is NS(=O)(=O)c1cccc2[nH]c(=O)oc12. The summed E-state index contributed by atoms with van der Waals surface area (Å²) in [5.74, 6) is -0.712. The number of nitrogens with one attached hydrogen (secondary N) is 1. The average molecular weight is 214 g/mol. The number of oxazole rings is 1. The van der Waals surface area contributed by atoms with Gasteiger partial charge in [0.1, 0.15) is 4.90 Å². The van der Waals surface area contributed by atoms with Crippen LogP contribution in [0.1, 0.15) is 0 Å². The molecule has 2 rings (SSSR count). The average Bonchev–Trinajstić information content (AvgIpc) is 2.41. The first-order valence-corrected chi connectivity index (χ1v) is 5.18. The van der Waals surface area contributed by atoms with Gasteiger partial charge in [-0.3, -0.25) is 4.98 Å². The molecule has 1 aromatic heterocycles. The fraction of sp³-hybridized carbons (Fsp3) is 0. The largest absolute Gasteiger partial charge is 0.417 e. The van der Waals surface area contributed by atoms with Gasteiger partial charge in [0.05, 0.1) is 5.52 Å². The zero-order valence-electron chi connectivity index (χ0n) is 6.85. The van der Waals surface area contributed by atoms with Crippen LogP contribution in [0, 0.1) is 0 Å². The number of aromatic amines is 1. The summed E-state index contributed by atoms with van der Waals surface area (Å²) in [6.45, 7) is 0. The first kappa shape index (κ1) is 8.97. The summed E-state index contributed by atoms with van der Waals surface area (Å²) in [5.41, 5.74) is 0.265. The van der Waals surface area contributed by atoms with Crippen LogP contribution in [0.15, 0.2) is 32.3 Å². The van der Waals surface area contributed by atoms with Crippen molar-refractivity contribution in [1.29, 1.82) is 0 Å². The summed E-state index contributed by atoms with van der Waals surface area (Å²) in [6.07, 6.45) is 0. The van der Waals surface area contributed by atoms with Gasteiger partial charge in [0.2, 0.25) is 10.0 Å². The number of aromatic nitrogens is 1. The summed E-state index contributed by atoms with van der Waals surface area (Å²) < 4.78 is 26.8. The van der Waals surface area contributed by atoms with E-state index in [-0.39, 0.29) is 10.5 Å². The van der Waals surface area contributed by atoms with Crippen molar-refractivity contribution in [3.63, 3.8) is 0 Å². The Bertz CT molecular complexity index is 637. The lowest BCUT2D eigenvalue weighted by Gasteiger charge is -1.96. The number of hydrogen-bond acceptors (Lipinski definition) is 4. The molecule has 0 saturated heterocycles. The molecule has 0 aliphatic rings. The van der Waals surface area contributed by atoms with Crippen molar-refractivity contribution in [3.8, 4) is 0 Å². The van der Waals surface area contributed by atoms with E-state index in [0.29, 0.717) is 5.52 Å². The summed E-state index contributed by atoms with van der Waals surface area (Å²) in [6, 6.07) is 4.26. The lowest BCUT2D eigenvalue weighted by Crippen LogP contribution is -2.12. The monoisotopic (exact) mass is 214 g/mol. The van der Waals surface area contributed by atoms with Crippen molar-refractivity contribution in [2.75, 3.05) is 0 Å². The fourth-order valence-corrected chi connectivity index (χ4v) is 1.85. The molecule has 0 spiro atoms. The molecule has 0 aliphatic carbocycles. The number of hydrogen-bond donors (Lipinski definition) is 2. The van der Waals surface area contributed by atoms with Gasteiger partial charge in [0, 0.05) is 0 Å². The minimum absolute atomic E-state index is 0.0417. The van der Waals surface area contributed by atoms with E-state index in [1.165, 1.54) is 18.2 Å². The molecular weight excluding hydrogens is 208 g/mol. The quantitative estimate of drug-likeness (QED) is 0.683. The van der Waals surface area contributed by atoms with Crippen LogP contribution in [0.25, 0.3) is 11.1 Å². The highest BCUT2D eigenvalue weighted by atomic mass is 32.2. The van der Waals surface area contributed by atoms with Crippen molar-refractivity contribution in [3.05, 3.63) is 28.7 Å². The summed E-state index contributed by atoms with van der Waals surface area (Å²) in [7, 11) is -3.87. The number of H-pyrrole nitrogens is 1. The van der Waals surface area contributed by atoms with Crippen LogP contribution in [0.2, 0.25) is 0 Å². The maximum atomic E-state index is 11.1. The second-order valence-corrected chi connectivity index (χ2v) is 4.22. The summed E-state index contributed by atoms with van der Waals surface area (Å²) in [4.78, 5) is 12.9. The van der Waals surface area contributed by atoms with Crippen LogP contribution >= 0.6 is 0 Å². The lowest BCUT2D eigenvalue weighted by molar-refractivity contribution is 0.545. The predicted molar refractivity (Wildman–Crippen MR) is 48.2 cm³/mol. The molecule has 0 atom stereocenters. The van der Waals surface area contributed by atoms with Crippen molar-refractivity contribution in [2.45, 2.75) is 4.90 Å². The standard InChI is InChI=1S/C7H6N2O4S/c8-14(11,12)5-3-1-2-4-6(5)13-7(10)9-4/h1-3H,(H,9,10)(H2,8,11,12). The maximum absolute atomic E-state index is 11.1. The van der Waals surface area contributed by atoms with Crippen molar-refractivity contribution >= 4 is 21.1 Å². The van der Waals surface area contributed by atoms with Gasteiger partial charge in [-0.2, -0.15) is 0 Å². The molecular formula is C7H6N2O4S. The topological polar surface area (TPSA) is 106 Å². The maximum Gasteiger partial charge on any atom is 0.417 e. The highest BCUT2D eigenvalue weighted by Gasteiger charge is 2.15. The van der Waals surface area contributed by atoms with Gasteiger partial charge in [0.15, 0.2) is 5.58 Å². The highest BCUT2D eigenvalue weighted by Crippen LogP contribution is 2.18. The van der Waals surface area contributed by atoms with E-state index in [0.717, 1.165) is 0 Å². The van der Waals surface area contributed by atoms with E-state index >= 15 is 0 Å². The van der Waals surface area contributed by atoms with Gasteiger partial charge in [-0.1, -0.05) is 6.07 Å². The predicted octanol–water partition coefficient (Wildman–Crippen LogP) is -0.231. The number of rotatable bonds is 1. The second kappa shape index (κ2) is 2.69. The Morgan fingerprint density at radius 2 is 2.07 bits per heavy atom. The number of benzene rings is 1. The first-order valence-electron chi connectivity index (χ1n) is 3.63. The third kappa shape index (κ3) is 1.32. The van der Waals surface area contributed by atoms with Gasteiger partial charge >= 0.3 is 5.76 Å². The number of nitrogens with two attached hydrogens (primary N) is 1. The van der Waals surface area contributed by atoms with Crippen LogP contribution in [0.3, 0.4) is 0 Å². The zero-order valence-corrected chi connectivity index (χ0v) is 7.67. The van der Waals surface area contributed by atoms with Crippen LogP contribution in [-0.4, -0.2) is 13.4 Å². The molecule has 7 heteroatoms. The van der Waals surface area contributed by atoms with Gasteiger partial charge in [0.25, 0.3) is 0 Å². The summed E-state index contributed by atoms with van der Waals surface area (Å²) >= 11 is 0. The molecule has 3 N–H and O–H groups in total. The van der Waals surface area contributed by atoms with Crippen LogP contribution in [0.5, 0.6) is 0 Å². The molecule has 0 saturated carbocycles. The van der Waals surface area contributed by atoms with Gasteiger partial charge in [-0.15, -0.1) is 0 Å². The minimum atomic E-state index is -3.87. The molecule has 1 heterocycles. The van der Waals surface area contributed by atoms with E-state index in [1.54, 1.807) is 0 Å². The molecule has 0 aliphatic heterocycles. The fourth-order valence-electron chi connectivity index (χ4n) is 1.17. The molecule has 74 valence electrons. The third-order valence-corrected chi connectivity index (χ3v) is 2.65. The molecule has 0 fully saturated rings. The molecule has 2 aromatic rings. The van der Waals surface area contributed by atoms with E-state index in [1.807, 2.05) is 0 Å².